The van der Waals surface area contributed by atoms with Crippen molar-refractivity contribution < 1.29 is 18.3 Å². The van der Waals surface area contributed by atoms with Crippen molar-refractivity contribution in [1.82, 2.24) is 20.1 Å². The molecule has 0 bridgehead atoms. The lowest BCUT2D eigenvalue weighted by atomic mass is 10.2. The Balaban J connectivity index is 1.86. The summed E-state index contributed by atoms with van der Waals surface area (Å²) in [6.45, 7) is 2.65. The molecule has 1 amide bonds. The van der Waals surface area contributed by atoms with Crippen LogP contribution in [0.4, 0.5) is 8.78 Å². The summed E-state index contributed by atoms with van der Waals surface area (Å²) in [5.74, 6) is 1.01. The smallest absolute Gasteiger partial charge is 0.387 e. The van der Waals surface area contributed by atoms with Crippen molar-refractivity contribution in [2.45, 2.75) is 45.0 Å². The van der Waals surface area contributed by atoms with Gasteiger partial charge in [-0.15, -0.1) is 10.2 Å². The second-order valence-electron chi connectivity index (χ2n) is 6.37. The number of nitrogens with one attached hydrogen (secondary N) is 1. The molecule has 2 rings (SSSR count). The Morgan fingerprint density at radius 1 is 1.33 bits per heavy atom. The Bertz CT molecular complexity index is 753. The van der Waals surface area contributed by atoms with E-state index in [-0.39, 0.29) is 17.2 Å². The molecule has 27 heavy (non-hydrogen) atoms. The topological polar surface area (TPSA) is 69.0 Å². The van der Waals surface area contributed by atoms with Gasteiger partial charge in [0.1, 0.15) is 11.6 Å². The zero-order valence-electron chi connectivity index (χ0n) is 15.6. The summed E-state index contributed by atoms with van der Waals surface area (Å²) in [5.41, 5.74) is 0.279. The monoisotopic (exact) mass is 398 g/mol. The van der Waals surface area contributed by atoms with E-state index in [1.165, 1.54) is 18.2 Å². The molecule has 0 saturated heterocycles. The van der Waals surface area contributed by atoms with Crippen LogP contribution in [0.1, 0.15) is 36.5 Å². The van der Waals surface area contributed by atoms with Crippen molar-refractivity contribution in [3.8, 4) is 5.75 Å². The predicted molar refractivity (Wildman–Crippen MR) is 100 cm³/mol. The van der Waals surface area contributed by atoms with Gasteiger partial charge in [-0.1, -0.05) is 31.7 Å². The average Bonchev–Trinajstić information content (AvgIpc) is 2.99. The summed E-state index contributed by atoms with van der Waals surface area (Å²) in [7, 11) is 0. The van der Waals surface area contributed by atoms with Crippen molar-refractivity contribution in [3.63, 3.8) is 0 Å². The third-order valence-corrected chi connectivity index (χ3v) is 4.38. The first-order valence-corrected chi connectivity index (χ1v) is 9.92. The number of nitrogens with zero attached hydrogens (tertiary/aromatic N) is 3. The zero-order chi connectivity index (χ0) is 19.8. The van der Waals surface area contributed by atoms with Crippen LogP contribution < -0.4 is 10.1 Å². The van der Waals surface area contributed by atoms with Crippen LogP contribution in [-0.2, 0) is 13.0 Å². The summed E-state index contributed by atoms with van der Waals surface area (Å²) in [5, 5.41) is 12.1. The summed E-state index contributed by atoms with van der Waals surface area (Å²) in [4.78, 5) is 12.2. The van der Waals surface area contributed by atoms with Gasteiger partial charge in [0, 0.05) is 25.1 Å². The van der Waals surface area contributed by atoms with Crippen LogP contribution in [0, 0.1) is 5.92 Å². The third-order valence-electron chi connectivity index (χ3n) is 3.71. The van der Waals surface area contributed by atoms with Crippen molar-refractivity contribution in [2.24, 2.45) is 5.92 Å². The Morgan fingerprint density at radius 3 is 2.78 bits per heavy atom. The highest BCUT2D eigenvalue weighted by atomic mass is 32.2. The number of benzene rings is 1. The van der Waals surface area contributed by atoms with E-state index >= 15 is 0 Å². The number of carbonyl (C=O) groups is 1. The van der Waals surface area contributed by atoms with Gasteiger partial charge in [-0.25, -0.2) is 0 Å². The Hall–Kier alpha value is -2.16. The van der Waals surface area contributed by atoms with E-state index in [0.29, 0.717) is 25.3 Å². The molecule has 2 aromatic rings. The molecule has 1 aromatic heterocycles. The van der Waals surface area contributed by atoms with E-state index in [0.717, 1.165) is 17.5 Å². The number of ether oxygens (including phenoxy) is 1. The lowest BCUT2D eigenvalue weighted by Crippen LogP contribution is -2.25. The highest BCUT2D eigenvalue weighted by Gasteiger charge is 2.13. The van der Waals surface area contributed by atoms with Gasteiger partial charge >= 0.3 is 6.61 Å². The third kappa shape index (κ3) is 6.50. The highest BCUT2D eigenvalue weighted by Crippen LogP contribution is 2.17. The molecule has 0 fully saturated rings. The van der Waals surface area contributed by atoms with Crippen LogP contribution >= 0.6 is 11.8 Å². The van der Waals surface area contributed by atoms with Gasteiger partial charge in [0.05, 0.1) is 0 Å². The minimum atomic E-state index is -2.92. The normalized spacial score (nSPS) is 11.2. The minimum absolute atomic E-state index is 0.0379. The fraction of sp³-hybridized carbons (Fsp3) is 0.500. The number of aryl methyl sites for hydroxylation is 1. The lowest BCUT2D eigenvalue weighted by molar-refractivity contribution is -0.0498. The number of hydrogen-bond acceptors (Lipinski definition) is 5. The molecular formula is C18H24F2N4O2S. The maximum Gasteiger partial charge on any atom is 0.387 e. The lowest BCUT2D eigenvalue weighted by Gasteiger charge is -2.12. The highest BCUT2D eigenvalue weighted by molar-refractivity contribution is 7.98. The van der Waals surface area contributed by atoms with E-state index in [9.17, 15) is 13.6 Å². The number of rotatable bonds is 10. The molecule has 0 aliphatic heterocycles. The van der Waals surface area contributed by atoms with Crippen LogP contribution in [0.3, 0.4) is 0 Å². The van der Waals surface area contributed by atoms with Crippen LogP contribution in [-0.4, -0.2) is 40.1 Å². The van der Waals surface area contributed by atoms with Crippen LogP contribution in [0.15, 0.2) is 29.4 Å². The molecule has 1 heterocycles. The van der Waals surface area contributed by atoms with E-state index in [1.807, 2.05) is 6.26 Å². The van der Waals surface area contributed by atoms with Crippen LogP contribution in [0.25, 0.3) is 0 Å². The number of halogens is 2. The molecule has 0 aliphatic rings. The molecule has 0 aliphatic carbocycles. The van der Waals surface area contributed by atoms with Gasteiger partial charge in [-0.05, 0) is 36.8 Å². The van der Waals surface area contributed by atoms with Crippen molar-refractivity contribution in [3.05, 3.63) is 35.7 Å². The van der Waals surface area contributed by atoms with Crippen LogP contribution in [0.2, 0.25) is 0 Å². The molecule has 148 valence electrons. The maximum atomic E-state index is 12.3. The molecule has 1 N–H and O–H groups in total. The quantitative estimate of drug-likeness (QED) is 0.489. The Kier molecular flexibility index (Phi) is 8.02. The second-order valence-corrected chi connectivity index (χ2v) is 7.15. The molecular weight excluding hydrogens is 374 g/mol. The molecule has 0 saturated carbocycles. The zero-order valence-corrected chi connectivity index (χ0v) is 16.4. The van der Waals surface area contributed by atoms with Gasteiger partial charge in [-0.2, -0.15) is 8.78 Å². The molecule has 0 unspecified atom stereocenters. The standard InChI is InChI=1S/C18H24F2N4O2S/c1-12(2)11-24-15(22-23-18(24)27-3)8-5-9-21-16(25)13-6-4-7-14(10-13)26-17(19)20/h4,6-7,10,12,17H,5,8-9,11H2,1-3H3,(H,21,25). The van der Waals surface area contributed by atoms with E-state index in [2.05, 4.69) is 38.7 Å². The number of alkyl halides is 2. The fourth-order valence-electron chi connectivity index (χ4n) is 2.57. The van der Waals surface area contributed by atoms with E-state index in [1.54, 1.807) is 17.8 Å². The first-order valence-electron chi connectivity index (χ1n) is 8.69. The Labute approximate surface area is 161 Å². The number of amides is 1. The van der Waals surface area contributed by atoms with Gasteiger partial charge in [0.2, 0.25) is 0 Å². The van der Waals surface area contributed by atoms with E-state index < -0.39 is 6.61 Å². The van der Waals surface area contributed by atoms with Gasteiger partial charge < -0.3 is 14.6 Å². The second kappa shape index (κ2) is 10.2. The van der Waals surface area contributed by atoms with Gasteiger partial charge in [0.15, 0.2) is 5.16 Å². The van der Waals surface area contributed by atoms with Crippen LogP contribution in [0.5, 0.6) is 5.75 Å². The van der Waals surface area contributed by atoms with Crippen molar-refractivity contribution in [2.75, 3.05) is 12.8 Å². The molecule has 9 heteroatoms. The predicted octanol–water partition coefficient (Wildman–Crippen LogP) is 3.62. The first kappa shape index (κ1) is 21.1. The van der Waals surface area contributed by atoms with Crippen molar-refractivity contribution >= 4 is 17.7 Å². The summed E-state index contributed by atoms with van der Waals surface area (Å²) in [6, 6.07) is 5.74. The van der Waals surface area contributed by atoms with Crippen molar-refractivity contribution in [1.29, 1.82) is 0 Å². The maximum absolute atomic E-state index is 12.3. The summed E-state index contributed by atoms with van der Waals surface area (Å²) >= 11 is 1.56. The number of carbonyl (C=O) groups excluding carboxylic acids is 1. The Morgan fingerprint density at radius 2 is 2.11 bits per heavy atom. The van der Waals surface area contributed by atoms with Gasteiger partial charge in [0.25, 0.3) is 5.91 Å². The minimum Gasteiger partial charge on any atom is -0.435 e. The largest absolute Gasteiger partial charge is 0.435 e. The van der Waals surface area contributed by atoms with E-state index in [4.69, 9.17) is 0 Å². The molecule has 1 aromatic carbocycles. The molecule has 0 radical (unpaired) electrons. The fourth-order valence-corrected chi connectivity index (χ4v) is 3.09. The number of aromatic nitrogens is 3. The summed E-state index contributed by atoms with van der Waals surface area (Å²) < 4.78 is 31.0. The molecule has 0 atom stereocenters. The van der Waals surface area contributed by atoms with Gasteiger partial charge in [-0.3, -0.25) is 4.79 Å². The molecule has 0 spiro atoms. The number of hydrogen-bond donors (Lipinski definition) is 1. The molecule has 6 nitrogen and oxygen atoms in total. The average molecular weight is 398 g/mol. The summed E-state index contributed by atoms with van der Waals surface area (Å²) in [6.07, 6.45) is 3.36. The first-order chi connectivity index (χ1) is 12.9. The number of thioether (sulfide) groups is 1. The SMILES string of the molecule is CSc1nnc(CCCNC(=O)c2cccc(OC(F)F)c2)n1CC(C)C.